The summed E-state index contributed by atoms with van der Waals surface area (Å²) < 4.78 is 0. The average molecular weight is 164 g/mol. The lowest BCUT2D eigenvalue weighted by Gasteiger charge is -1.86. The number of hydrogen-bond acceptors (Lipinski definition) is 1. The Hall–Kier alpha value is 0.350. The second-order valence-electron chi connectivity index (χ2n) is 1.71. The van der Waals surface area contributed by atoms with Gasteiger partial charge in [0.1, 0.15) is 0 Å². The topological polar surface area (TPSA) is 0 Å². The highest BCUT2D eigenvalue weighted by atomic mass is 32.1. The predicted octanol–water partition coefficient (Wildman–Crippen LogP) is 4.16. The van der Waals surface area contributed by atoms with Crippen LogP contribution in [0.3, 0.4) is 0 Å². The minimum Gasteiger partial charge on any atom is -0.183 e. The van der Waals surface area contributed by atoms with Gasteiger partial charge in [-0.2, -0.15) is 12.6 Å². The number of thiol groups is 1. The van der Waals surface area contributed by atoms with Crippen molar-refractivity contribution in [1.29, 1.82) is 0 Å². The van der Waals surface area contributed by atoms with Crippen LogP contribution in [0.2, 0.25) is 0 Å². The fraction of sp³-hybridized carbons (Fsp3) is 1.00. The molecule has 0 saturated carbocycles. The first kappa shape index (κ1) is 16.7. The van der Waals surface area contributed by atoms with E-state index in [2.05, 4.69) is 26.5 Å². The molecule has 10 heavy (non-hydrogen) atoms. The minimum atomic E-state index is 1.36. The second-order valence-corrected chi connectivity index (χ2v) is 1.71. The van der Waals surface area contributed by atoms with Crippen molar-refractivity contribution in [3.05, 3.63) is 0 Å². The van der Waals surface area contributed by atoms with E-state index in [1.165, 1.54) is 25.7 Å². The van der Waals surface area contributed by atoms with Gasteiger partial charge in [0.2, 0.25) is 0 Å². The Morgan fingerprint density at radius 3 is 1.10 bits per heavy atom. The molecule has 66 valence electrons. The van der Waals surface area contributed by atoms with E-state index in [1.807, 2.05) is 13.8 Å². The van der Waals surface area contributed by atoms with Crippen LogP contribution >= 0.6 is 12.6 Å². The lowest BCUT2D eigenvalue weighted by atomic mass is 10.2. The van der Waals surface area contributed by atoms with Gasteiger partial charge in [-0.3, -0.25) is 0 Å². The van der Waals surface area contributed by atoms with Crippen LogP contribution in [0.4, 0.5) is 0 Å². The van der Waals surface area contributed by atoms with Gasteiger partial charge in [-0.05, 0) is 6.26 Å². The zero-order chi connectivity index (χ0) is 8.83. The van der Waals surface area contributed by atoms with Crippen molar-refractivity contribution in [2.24, 2.45) is 0 Å². The highest BCUT2D eigenvalue weighted by molar-refractivity contribution is 7.79. The first-order chi connectivity index (χ1) is 4.91. The van der Waals surface area contributed by atoms with Gasteiger partial charge in [0.15, 0.2) is 0 Å². The van der Waals surface area contributed by atoms with Gasteiger partial charge in [-0.25, -0.2) is 0 Å². The summed E-state index contributed by atoms with van der Waals surface area (Å²) in [5, 5.41) is 0. The van der Waals surface area contributed by atoms with Gasteiger partial charge < -0.3 is 0 Å². The Kier molecular flexibility index (Phi) is 57.7. The lowest BCUT2D eigenvalue weighted by Crippen LogP contribution is -1.66. The Labute approximate surface area is 72.8 Å². The molecule has 0 aromatic rings. The van der Waals surface area contributed by atoms with Crippen LogP contribution in [-0.2, 0) is 0 Å². The molecular formula is C9H24S. The summed E-state index contributed by atoms with van der Waals surface area (Å²) >= 11 is 3.53. The SMILES string of the molecule is CC.CCCCCC.CS. The highest BCUT2D eigenvalue weighted by Gasteiger charge is 1.75. The van der Waals surface area contributed by atoms with Crippen LogP contribution in [-0.4, -0.2) is 6.26 Å². The molecule has 0 fully saturated rings. The zero-order valence-corrected chi connectivity index (χ0v) is 9.17. The Balaban J connectivity index is -0.000000105. The molecule has 0 rings (SSSR count). The third-order valence-corrected chi connectivity index (χ3v) is 0.957. The highest BCUT2D eigenvalue weighted by Crippen LogP contribution is 1.95. The van der Waals surface area contributed by atoms with Gasteiger partial charge in [0, 0.05) is 0 Å². The first-order valence-corrected chi connectivity index (χ1v) is 5.26. The molecule has 0 nitrogen and oxygen atoms in total. The fourth-order valence-electron chi connectivity index (χ4n) is 0.500. The summed E-state index contributed by atoms with van der Waals surface area (Å²) in [5.74, 6) is 0. The molecular weight excluding hydrogens is 140 g/mol. The van der Waals surface area contributed by atoms with Gasteiger partial charge in [-0.1, -0.05) is 53.4 Å². The van der Waals surface area contributed by atoms with Crippen molar-refractivity contribution in [3.63, 3.8) is 0 Å². The van der Waals surface area contributed by atoms with Gasteiger partial charge in [0.05, 0.1) is 0 Å². The molecule has 0 saturated heterocycles. The van der Waals surface area contributed by atoms with Crippen LogP contribution in [0, 0.1) is 0 Å². The van der Waals surface area contributed by atoms with Crippen LogP contribution < -0.4 is 0 Å². The monoisotopic (exact) mass is 164 g/mol. The maximum absolute atomic E-state index is 3.53. The Morgan fingerprint density at radius 1 is 0.800 bits per heavy atom. The average Bonchev–Trinajstić information content (AvgIpc) is 2.08. The summed E-state index contributed by atoms with van der Waals surface area (Å²) in [5.41, 5.74) is 0. The van der Waals surface area contributed by atoms with Crippen LogP contribution in [0.5, 0.6) is 0 Å². The standard InChI is InChI=1S/C6H14.C2H6.CH4S/c1-3-5-6-4-2;2*1-2/h3-6H2,1-2H3;1-2H3;2H,1H3. The summed E-state index contributed by atoms with van der Waals surface area (Å²) in [7, 11) is 0. The van der Waals surface area contributed by atoms with Crippen molar-refractivity contribution >= 4 is 12.6 Å². The fourth-order valence-corrected chi connectivity index (χ4v) is 0.500. The Morgan fingerprint density at radius 2 is 1.00 bits per heavy atom. The molecule has 0 radical (unpaired) electrons. The molecule has 0 atom stereocenters. The molecule has 0 aliphatic rings. The van der Waals surface area contributed by atoms with E-state index in [0.717, 1.165) is 0 Å². The van der Waals surface area contributed by atoms with Crippen LogP contribution in [0.25, 0.3) is 0 Å². The van der Waals surface area contributed by atoms with Crippen molar-refractivity contribution in [3.8, 4) is 0 Å². The largest absolute Gasteiger partial charge is 0.183 e. The predicted molar refractivity (Wildman–Crippen MR) is 56.1 cm³/mol. The van der Waals surface area contributed by atoms with E-state index >= 15 is 0 Å². The first-order valence-electron chi connectivity index (χ1n) is 4.36. The summed E-state index contributed by atoms with van der Waals surface area (Å²) in [4.78, 5) is 0. The molecule has 0 aliphatic heterocycles. The maximum atomic E-state index is 3.53. The molecule has 0 bridgehead atoms. The molecule has 0 aliphatic carbocycles. The normalized spacial score (nSPS) is 6.60. The summed E-state index contributed by atoms with van der Waals surface area (Å²) in [6.45, 7) is 8.46. The molecule has 0 unspecified atom stereocenters. The van der Waals surface area contributed by atoms with E-state index in [-0.39, 0.29) is 0 Å². The molecule has 1 heteroatoms. The van der Waals surface area contributed by atoms with E-state index in [4.69, 9.17) is 0 Å². The number of rotatable bonds is 3. The third-order valence-electron chi connectivity index (χ3n) is 0.957. The van der Waals surface area contributed by atoms with Crippen molar-refractivity contribution in [2.45, 2.75) is 53.4 Å². The molecule has 0 amide bonds. The maximum Gasteiger partial charge on any atom is -0.0215 e. The smallest absolute Gasteiger partial charge is 0.0215 e. The molecule has 0 N–H and O–H groups in total. The number of hydrogen-bond donors (Lipinski definition) is 1. The van der Waals surface area contributed by atoms with E-state index in [0.29, 0.717) is 0 Å². The van der Waals surface area contributed by atoms with Gasteiger partial charge >= 0.3 is 0 Å². The molecule has 0 aromatic heterocycles. The van der Waals surface area contributed by atoms with Gasteiger partial charge in [-0.15, -0.1) is 0 Å². The summed E-state index contributed by atoms with van der Waals surface area (Å²) in [6.07, 6.45) is 7.23. The van der Waals surface area contributed by atoms with Crippen molar-refractivity contribution in [2.75, 3.05) is 6.26 Å². The molecule has 0 spiro atoms. The Bertz CT molecular complexity index is 16.7. The zero-order valence-electron chi connectivity index (χ0n) is 8.28. The van der Waals surface area contributed by atoms with E-state index in [9.17, 15) is 0 Å². The lowest BCUT2D eigenvalue weighted by molar-refractivity contribution is 0.702. The van der Waals surface area contributed by atoms with Crippen LogP contribution in [0.1, 0.15) is 53.4 Å². The van der Waals surface area contributed by atoms with E-state index in [1.54, 1.807) is 6.26 Å². The number of unbranched alkanes of at least 4 members (excludes halogenated alkanes) is 3. The minimum absolute atomic E-state index is 1.36. The van der Waals surface area contributed by atoms with Crippen molar-refractivity contribution < 1.29 is 0 Å². The van der Waals surface area contributed by atoms with Crippen molar-refractivity contribution in [1.82, 2.24) is 0 Å². The quantitative estimate of drug-likeness (QED) is 0.470. The third kappa shape index (κ3) is 40.2. The summed E-state index contributed by atoms with van der Waals surface area (Å²) in [6, 6.07) is 0. The second kappa shape index (κ2) is 34.5. The van der Waals surface area contributed by atoms with Crippen LogP contribution in [0.15, 0.2) is 0 Å². The van der Waals surface area contributed by atoms with Gasteiger partial charge in [0.25, 0.3) is 0 Å². The molecule has 0 heterocycles. The van der Waals surface area contributed by atoms with E-state index < -0.39 is 0 Å². The molecule has 0 aromatic carbocycles.